The monoisotopic (exact) mass is 244 g/mol. The fourth-order valence-electron chi connectivity index (χ4n) is 1.25. The van der Waals surface area contributed by atoms with Crippen LogP contribution >= 0.6 is 0 Å². The number of esters is 1. The van der Waals surface area contributed by atoms with E-state index in [0.29, 0.717) is 6.61 Å². The molecule has 96 valence electrons. The molecule has 3 heteroatoms. The summed E-state index contributed by atoms with van der Waals surface area (Å²) in [7, 11) is -0.984. The molecule has 0 aliphatic heterocycles. The molecular weight excluding hydrogens is 216 g/mol. The van der Waals surface area contributed by atoms with Gasteiger partial charge in [-0.1, -0.05) is 53.4 Å². The fraction of sp³-hybridized carbons (Fsp3) is 0.923. The Kier molecular flexibility index (Phi) is 5.74. The summed E-state index contributed by atoms with van der Waals surface area (Å²) in [5, 5.41) is 0. The highest BCUT2D eigenvalue weighted by atomic mass is 28.3. The molecule has 0 saturated heterocycles. The molecule has 0 amide bonds. The van der Waals surface area contributed by atoms with Crippen molar-refractivity contribution in [1.29, 1.82) is 0 Å². The molecule has 0 N–H and O–H groups in total. The molecule has 0 saturated carbocycles. The number of hydrogen-bond donors (Lipinski definition) is 0. The predicted octanol–water partition coefficient (Wildman–Crippen LogP) is 3.94. The highest BCUT2D eigenvalue weighted by Gasteiger charge is 2.27. The molecule has 0 aromatic heterocycles. The van der Waals surface area contributed by atoms with Crippen LogP contribution in [0.2, 0.25) is 25.7 Å². The van der Waals surface area contributed by atoms with Crippen molar-refractivity contribution in [1.82, 2.24) is 0 Å². The average Bonchev–Trinajstić information content (AvgIpc) is 2.07. The van der Waals surface area contributed by atoms with Gasteiger partial charge in [0.2, 0.25) is 0 Å². The van der Waals surface area contributed by atoms with E-state index in [4.69, 9.17) is 4.74 Å². The Morgan fingerprint density at radius 3 is 2.12 bits per heavy atom. The van der Waals surface area contributed by atoms with Crippen LogP contribution in [-0.2, 0) is 9.53 Å². The van der Waals surface area contributed by atoms with Crippen LogP contribution in [0.15, 0.2) is 0 Å². The summed E-state index contributed by atoms with van der Waals surface area (Å²) in [5.41, 5.74) is -0.00411. The first-order chi connectivity index (χ1) is 7.04. The molecule has 0 radical (unpaired) electrons. The maximum Gasteiger partial charge on any atom is 0.309 e. The SMILES string of the molecule is CC(C(=O)OCCC[Si](C)(C)C)C(C)(C)C. The number of hydrogen-bond acceptors (Lipinski definition) is 2. The van der Waals surface area contributed by atoms with Crippen molar-refractivity contribution in [3.05, 3.63) is 0 Å². The molecular formula is C13H28O2Si. The lowest BCUT2D eigenvalue weighted by atomic mass is 9.82. The summed E-state index contributed by atoms with van der Waals surface area (Å²) in [6, 6.07) is 1.23. The number of carbonyl (C=O) groups excluding carboxylic acids is 1. The molecule has 0 fully saturated rings. The van der Waals surface area contributed by atoms with Gasteiger partial charge in [-0.15, -0.1) is 0 Å². The van der Waals surface area contributed by atoms with Crippen LogP contribution in [-0.4, -0.2) is 20.7 Å². The molecule has 0 rings (SSSR count). The third-order valence-corrected chi connectivity index (χ3v) is 4.82. The van der Waals surface area contributed by atoms with E-state index < -0.39 is 8.07 Å². The molecule has 2 nitrogen and oxygen atoms in total. The molecule has 16 heavy (non-hydrogen) atoms. The Morgan fingerprint density at radius 1 is 1.25 bits per heavy atom. The first-order valence-electron chi connectivity index (χ1n) is 6.21. The van der Waals surface area contributed by atoms with E-state index in [1.807, 2.05) is 6.92 Å². The number of carbonyl (C=O) groups is 1. The van der Waals surface area contributed by atoms with Gasteiger partial charge in [0.1, 0.15) is 0 Å². The van der Waals surface area contributed by atoms with Crippen LogP contribution in [0.3, 0.4) is 0 Å². The lowest BCUT2D eigenvalue weighted by molar-refractivity contribution is -0.151. The van der Waals surface area contributed by atoms with E-state index in [1.165, 1.54) is 6.04 Å². The largest absolute Gasteiger partial charge is 0.465 e. The van der Waals surface area contributed by atoms with Gasteiger partial charge in [-0.25, -0.2) is 0 Å². The minimum absolute atomic E-state index is 0.00411. The highest BCUT2D eigenvalue weighted by molar-refractivity contribution is 6.76. The van der Waals surface area contributed by atoms with Gasteiger partial charge in [-0.05, 0) is 11.8 Å². The molecule has 0 aliphatic carbocycles. The van der Waals surface area contributed by atoms with Crippen molar-refractivity contribution in [3.63, 3.8) is 0 Å². The number of rotatable bonds is 5. The first-order valence-corrected chi connectivity index (χ1v) is 9.91. The predicted molar refractivity (Wildman–Crippen MR) is 72.3 cm³/mol. The van der Waals surface area contributed by atoms with Gasteiger partial charge in [-0.3, -0.25) is 4.79 Å². The van der Waals surface area contributed by atoms with Crippen molar-refractivity contribution < 1.29 is 9.53 Å². The molecule has 0 aromatic carbocycles. The lowest BCUT2D eigenvalue weighted by Gasteiger charge is -2.25. The summed E-state index contributed by atoms with van der Waals surface area (Å²) in [4.78, 5) is 11.7. The third kappa shape index (κ3) is 7.04. The zero-order valence-corrected chi connectivity index (χ0v) is 13.0. The van der Waals surface area contributed by atoms with Crippen LogP contribution < -0.4 is 0 Å². The van der Waals surface area contributed by atoms with Gasteiger partial charge < -0.3 is 4.74 Å². The van der Waals surface area contributed by atoms with Crippen LogP contribution in [0.4, 0.5) is 0 Å². The Labute approximate surface area is 102 Å². The summed E-state index contributed by atoms with van der Waals surface area (Å²) in [6.07, 6.45) is 1.01. The summed E-state index contributed by atoms with van der Waals surface area (Å²) in [5.74, 6) is -0.0811. The smallest absolute Gasteiger partial charge is 0.309 e. The van der Waals surface area contributed by atoms with Crippen molar-refractivity contribution >= 4 is 14.0 Å². The van der Waals surface area contributed by atoms with Gasteiger partial charge in [0.05, 0.1) is 12.5 Å². The van der Waals surface area contributed by atoms with E-state index >= 15 is 0 Å². The van der Waals surface area contributed by atoms with Crippen LogP contribution in [0.1, 0.15) is 34.1 Å². The lowest BCUT2D eigenvalue weighted by Crippen LogP contribution is -2.28. The average molecular weight is 244 g/mol. The molecule has 1 unspecified atom stereocenters. The molecule has 0 heterocycles. The van der Waals surface area contributed by atoms with Gasteiger partial charge >= 0.3 is 5.97 Å². The highest BCUT2D eigenvalue weighted by Crippen LogP contribution is 2.26. The second kappa shape index (κ2) is 5.85. The minimum atomic E-state index is -0.984. The molecule has 0 spiro atoms. The summed E-state index contributed by atoms with van der Waals surface area (Å²) >= 11 is 0. The fourth-order valence-corrected chi connectivity index (χ4v) is 2.46. The first kappa shape index (κ1) is 15.7. The van der Waals surface area contributed by atoms with Crippen LogP contribution in [0.25, 0.3) is 0 Å². The Morgan fingerprint density at radius 2 is 1.75 bits per heavy atom. The second-order valence-corrected chi connectivity index (χ2v) is 12.5. The molecule has 1 atom stereocenters. The molecule has 0 aliphatic rings. The van der Waals surface area contributed by atoms with Gasteiger partial charge in [0, 0.05) is 8.07 Å². The second-order valence-electron chi connectivity index (χ2n) is 6.92. The Hall–Kier alpha value is -0.313. The number of ether oxygens (including phenoxy) is 1. The van der Waals surface area contributed by atoms with E-state index in [9.17, 15) is 4.79 Å². The maximum atomic E-state index is 11.7. The minimum Gasteiger partial charge on any atom is -0.465 e. The zero-order chi connectivity index (χ0) is 13.0. The zero-order valence-electron chi connectivity index (χ0n) is 12.0. The van der Waals surface area contributed by atoms with Gasteiger partial charge in [0.15, 0.2) is 0 Å². The van der Waals surface area contributed by atoms with Gasteiger partial charge in [-0.2, -0.15) is 0 Å². The van der Waals surface area contributed by atoms with Crippen molar-refractivity contribution in [2.45, 2.75) is 59.8 Å². The summed E-state index contributed by atoms with van der Waals surface area (Å²) < 4.78 is 5.31. The Balaban J connectivity index is 3.83. The molecule has 0 aromatic rings. The van der Waals surface area contributed by atoms with E-state index in [2.05, 4.69) is 40.4 Å². The van der Waals surface area contributed by atoms with E-state index in [-0.39, 0.29) is 17.3 Å². The van der Waals surface area contributed by atoms with Gasteiger partial charge in [0.25, 0.3) is 0 Å². The third-order valence-electron chi connectivity index (χ3n) is 2.97. The molecule has 0 bridgehead atoms. The quantitative estimate of drug-likeness (QED) is 0.416. The topological polar surface area (TPSA) is 26.3 Å². The van der Waals surface area contributed by atoms with E-state index in [1.54, 1.807) is 0 Å². The summed E-state index contributed by atoms with van der Waals surface area (Å²) in [6.45, 7) is 15.8. The van der Waals surface area contributed by atoms with Crippen molar-refractivity contribution in [3.8, 4) is 0 Å². The van der Waals surface area contributed by atoms with Crippen molar-refractivity contribution in [2.75, 3.05) is 6.61 Å². The normalized spacial score (nSPS) is 14.7. The van der Waals surface area contributed by atoms with Crippen molar-refractivity contribution in [2.24, 2.45) is 11.3 Å². The van der Waals surface area contributed by atoms with E-state index in [0.717, 1.165) is 6.42 Å². The standard InChI is InChI=1S/C13H28O2Si/c1-11(13(2,3)4)12(14)15-9-8-10-16(5,6)7/h11H,8-10H2,1-7H3. The van der Waals surface area contributed by atoms with Crippen LogP contribution in [0, 0.1) is 11.3 Å². The Bertz CT molecular complexity index is 223. The maximum absolute atomic E-state index is 11.7. The van der Waals surface area contributed by atoms with Crippen LogP contribution in [0.5, 0.6) is 0 Å².